The van der Waals surface area contributed by atoms with Crippen LogP contribution in [0.15, 0.2) is 18.3 Å². The fraction of sp³-hybridized carbons (Fsp3) is 0.400. The van der Waals surface area contributed by atoms with Crippen molar-refractivity contribution in [2.24, 2.45) is 0 Å². The Morgan fingerprint density at radius 1 is 1.57 bits per heavy atom. The highest BCUT2D eigenvalue weighted by Gasteiger charge is 2.08. The maximum Gasteiger partial charge on any atom is 0.156 e. The van der Waals surface area contributed by atoms with E-state index < -0.39 is 0 Å². The van der Waals surface area contributed by atoms with Gasteiger partial charge in [-0.2, -0.15) is 5.10 Å². The first-order valence-corrected chi connectivity index (χ1v) is 5.10. The van der Waals surface area contributed by atoms with E-state index in [0.29, 0.717) is 11.1 Å². The molecule has 2 rings (SSSR count). The van der Waals surface area contributed by atoms with E-state index in [0.717, 1.165) is 17.8 Å². The first kappa shape index (κ1) is 9.46. The molecule has 0 aliphatic rings. The molecule has 0 aromatic carbocycles. The Labute approximate surface area is 87.7 Å². The van der Waals surface area contributed by atoms with Gasteiger partial charge in [0.1, 0.15) is 5.15 Å². The third-order valence-corrected chi connectivity index (χ3v) is 2.72. The molecule has 3 nitrogen and oxygen atoms in total. The van der Waals surface area contributed by atoms with Gasteiger partial charge in [-0.3, -0.25) is 0 Å². The van der Waals surface area contributed by atoms with Crippen molar-refractivity contribution in [3.63, 3.8) is 0 Å². The van der Waals surface area contributed by atoms with Gasteiger partial charge in [-0.1, -0.05) is 25.4 Å². The molecule has 0 aliphatic heterocycles. The average molecular weight is 210 g/mol. The predicted molar refractivity (Wildman–Crippen MR) is 56.7 cm³/mol. The highest BCUT2D eigenvalue weighted by molar-refractivity contribution is 6.29. The topological polar surface area (TPSA) is 30.2 Å². The van der Waals surface area contributed by atoms with E-state index in [1.54, 1.807) is 10.7 Å². The molecule has 0 radical (unpaired) electrons. The van der Waals surface area contributed by atoms with Gasteiger partial charge in [0.15, 0.2) is 5.65 Å². The van der Waals surface area contributed by atoms with Crippen molar-refractivity contribution in [2.75, 3.05) is 0 Å². The van der Waals surface area contributed by atoms with E-state index in [1.807, 2.05) is 12.1 Å². The Bertz CT molecular complexity index is 450. The van der Waals surface area contributed by atoms with Crippen LogP contribution in [-0.2, 0) is 0 Å². The van der Waals surface area contributed by atoms with Crippen molar-refractivity contribution in [2.45, 2.75) is 26.2 Å². The molecule has 0 amide bonds. The van der Waals surface area contributed by atoms with Crippen LogP contribution >= 0.6 is 11.6 Å². The lowest BCUT2D eigenvalue weighted by molar-refractivity contribution is 0.705. The molecule has 1 atom stereocenters. The van der Waals surface area contributed by atoms with Crippen LogP contribution in [0.4, 0.5) is 0 Å². The molecule has 4 heteroatoms. The lowest BCUT2D eigenvalue weighted by Crippen LogP contribution is -2.00. The summed E-state index contributed by atoms with van der Waals surface area (Å²) in [5, 5.41) is 4.69. The van der Waals surface area contributed by atoms with E-state index in [4.69, 9.17) is 11.6 Å². The molecule has 0 saturated carbocycles. The Hall–Kier alpha value is -1.09. The van der Waals surface area contributed by atoms with E-state index in [9.17, 15) is 0 Å². The van der Waals surface area contributed by atoms with Gasteiger partial charge in [-0.15, -0.1) is 0 Å². The van der Waals surface area contributed by atoms with Crippen LogP contribution in [0.3, 0.4) is 0 Å². The Kier molecular flexibility index (Phi) is 2.42. The number of fused-ring (bicyclic) bond motifs is 1. The molecule has 0 N–H and O–H groups in total. The summed E-state index contributed by atoms with van der Waals surface area (Å²) < 4.78 is 1.63. The Morgan fingerprint density at radius 2 is 2.36 bits per heavy atom. The van der Waals surface area contributed by atoms with Gasteiger partial charge in [0.05, 0.1) is 6.20 Å². The summed E-state index contributed by atoms with van der Waals surface area (Å²) in [4.78, 5) is 4.48. The summed E-state index contributed by atoms with van der Waals surface area (Å²) in [7, 11) is 0. The van der Waals surface area contributed by atoms with Gasteiger partial charge in [-0.25, -0.2) is 9.50 Å². The molecule has 0 fully saturated rings. The fourth-order valence-corrected chi connectivity index (χ4v) is 1.60. The van der Waals surface area contributed by atoms with Crippen LogP contribution in [0.25, 0.3) is 5.65 Å². The van der Waals surface area contributed by atoms with Gasteiger partial charge in [0, 0.05) is 11.8 Å². The number of nitrogens with zero attached hydrogens (tertiary/aromatic N) is 3. The van der Waals surface area contributed by atoms with Crippen molar-refractivity contribution < 1.29 is 0 Å². The first-order chi connectivity index (χ1) is 6.72. The minimum Gasteiger partial charge on any atom is -0.233 e. The minimum absolute atomic E-state index is 0.437. The number of hydrogen-bond acceptors (Lipinski definition) is 2. The van der Waals surface area contributed by atoms with Crippen molar-refractivity contribution in [3.8, 4) is 0 Å². The highest BCUT2D eigenvalue weighted by atomic mass is 35.5. The molecular formula is C10H12ClN3. The quantitative estimate of drug-likeness (QED) is 0.712. The standard InChI is InChI=1S/C10H12ClN3/c1-3-7(2)8-6-9(11)14-10(13-8)4-5-12-14/h4-7H,3H2,1-2H3. The van der Waals surface area contributed by atoms with E-state index in [2.05, 4.69) is 23.9 Å². The van der Waals surface area contributed by atoms with Gasteiger partial charge in [-0.05, 0) is 18.4 Å². The molecule has 1 unspecified atom stereocenters. The lowest BCUT2D eigenvalue weighted by atomic mass is 10.1. The number of rotatable bonds is 2. The molecule has 74 valence electrons. The van der Waals surface area contributed by atoms with Gasteiger partial charge in [0.25, 0.3) is 0 Å². The van der Waals surface area contributed by atoms with Crippen molar-refractivity contribution >= 4 is 17.2 Å². The summed E-state index contributed by atoms with van der Waals surface area (Å²) in [5.41, 5.74) is 1.85. The molecule has 2 aromatic rings. The van der Waals surface area contributed by atoms with Crippen molar-refractivity contribution in [1.29, 1.82) is 0 Å². The van der Waals surface area contributed by atoms with Crippen LogP contribution in [0.1, 0.15) is 31.9 Å². The number of aromatic nitrogens is 3. The molecule has 0 bridgehead atoms. The molecule has 2 heterocycles. The van der Waals surface area contributed by atoms with Gasteiger partial charge < -0.3 is 0 Å². The molecule has 2 aromatic heterocycles. The van der Waals surface area contributed by atoms with E-state index in [-0.39, 0.29) is 0 Å². The van der Waals surface area contributed by atoms with Crippen LogP contribution in [0, 0.1) is 0 Å². The van der Waals surface area contributed by atoms with Gasteiger partial charge in [0.2, 0.25) is 0 Å². The summed E-state index contributed by atoms with van der Waals surface area (Å²) in [6.45, 7) is 4.28. The van der Waals surface area contributed by atoms with E-state index >= 15 is 0 Å². The normalized spacial score (nSPS) is 13.4. The first-order valence-electron chi connectivity index (χ1n) is 4.72. The van der Waals surface area contributed by atoms with Gasteiger partial charge >= 0.3 is 0 Å². The van der Waals surface area contributed by atoms with Crippen molar-refractivity contribution in [1.82, 2.24) is 14.6 Å². The second kappa shape index (κ2) is 3.58. The maximum absolute atomic E-state index is 6.07. The molecule has 14 heavy (non-hydrogen) atoms. The minimum atomic E-state index is 0.437. The third kappa shape index (κ3) is 1.48. The largest absolute Gasteiger partial charge is 0.233 e. The molecule has 0 spiro atoms. The summed E-state index contributed by atoms with van der Waals surface area (Å²) in [6.07, 6.45) is 2.77. The number of hydrogen-bond donors (Lipinski definition) is 0. The summed E-state index contributed by atoms with van der Waals surface area (Å²) >= 11 is 6.07. The van der Waals surface area contributed by atoms with Crippen LogP contribution in [0.2, 0.25) is 5.15 Å². The third-order valence-electron chi connectivity index (χ3n) is 2.45. The fourth-order valence-electron chi connectivity index (χ4n) is 1.35. The Balaban J connectivity index is 2.58. The SMILES string of the molecule is CCC(C)c1cc(Cl)n2nccc2n1. The lowest BCUT2D eigenvalue weighted by Gasteiger charge is -2.08. The summed E-state index contributed by atoms with van der Waals surface area (Å²) in [6, 6.07) is 3.74. The van der Waals surface area contributed by atoms with Crippen LogP contribution in [0.5, 0.6) is 0 Å². The Morgan fingerprint density at radius 3 is 3.07 bits per heavy atom. The van der Waals surface area contributed by atoms with E-state index in [1.165, 1.54) is 0 Å². The predicted octanol–water partition coefficient (Wildman–Crippen LogP) is 2.90. The average Bonchev–Trinajstić information content (AvgIpc) is 2.64. The van der Waals surface area contributed by atoms with Crippen molar-refractivity contribution in [3.05, 3.63) is 29.2 Å². The zero-order valence-electron chi connectivity index (χ0n) is 8.24. The highest BCUT2D eigenvalue weighted by Crippen LogP contribution is 2.20. The molecule has 0 saturated heterocycles. The second-order valence-corrected chi connectivity index (χ2v) is 3.80. The molecule has 0 aliphatic carbocycles. The summed E-state index contributed by atoms with van der Waals surface area (Å²) in [5.74, 6) is 0.437. The van der Waals surface area contributed by atoms with Crippen LogP contribution < -0.4 is 0 Å². The monoisotopic (exact) mass is 209 g/mol. The second-order valence-electron chi connectivity index (χ2n) is 3.41. The zero-order chi connectivity index (χ0) is 10.1. The maximum atomic E-state index is 6.07. The zero-order valence-corrected chi connectivity index (χ0v) is 8.99. The smallest absolute Gasteiger partial charge is 0.156 e. The van der Waals surface area contributed by atoms with Crippen LogP contribution in [-0.4, -0.2) is 14.6 Å². The number of halogens is 1. The molecular weight excluding hydrogens is 198 g/mol.